The lowest BCUT2D eigenvalue weighted by Gasteiger charge is -2.22. The predicted molar refractivity (Wildman–Crippen MR) is 203 cm³/mol. The van der Waals surface area contributed by atoms with E-state index in [0.717, 1.165) is 0 Å². The van der Waals surface area contributed by atoms with Crippen LogP contribution in [0.15, 0.2) is 162 Å². The quantitative estimate of drug-likeness (QED) is 0.175. The van der Waals surface area contributed by atoms with E-state index in [-0.39, 0.29) is 11.1 Å². The van der Waals surface area contributed by atoms with Crippen molar-refractivity contribution < 1.29 is 42.8 Å². The minimum absolute atomic E-state index is 0.326. The Morgan fingerprint density at radius 3 is 1.67 bits per heavy atom. The number of hydrogen-bond donors (Lipinski definition) is 0. The van der Waals surface area contributed by atoms with Crippen molar-refractivity contribution in [2.75, 3.05) is 0 Å². The Balaban J connectivity index is 1.40. The molecule has 8 aromatic carbocycles. The second-order valence-corrected chi connectivity index (χ2v) is 11.2. The standard InChI is InChI=1S/C47H32O/c1-47(2)41-17-9-7-11-33(41)34-25-23-31(28-42(34)47)29-19-21-30(22-20-29)45-36-13-3-5-15-38(36)46(39-16-6-4-14-37(39)45)32-24-26-44-40(27-32)35-12-8-10-18-43(35)48-44/h3-28H,1-2H3/i1D2,3D,4D,5D,6D,7D,8D,9D,10D,11D,12D,13D,14D,15D,16D,17D,18D,19D,20D,21D,22D,23D,24D,25D,26D,27D,28D. The van der Waals surface area contributed by atoms with Crippen LogP contribution in [0.1, 0.15) is 63.3 Å². The van der Waals surface area contributed by atoms with Gasteiger partial charge in [0.2, 0.25) is 0 Å². The molecule has 0 saturated heterocycles. The summed E-state index contributed by atoms with van der Waals surface area (Å²) in [6, 6.07) is -23.3. The Morgan fingerprint density at radius 2 is 0.958 bits per heavy atom. The van der Waals surface area contributed by atoms with Crippen LogP contribution in [0.25, 0.3) is 88.0 Å². The molecule has 0 saturated carbocycles. The van der Waals surface area contributed by atoms with E-state index in [9.17, 15) is 17.8 Å². The zero-order valence-electron chi connectivity index (χ0n) is 52.5. The van der Waals surface area contributed by atoms with E-state index in [1.165, 1.54) is 6.92 Å². The first-order chi connectivity index (χ1) is 35.3. The molecule has 10 rings (SSSR count). The third kappa shape index (κ3) is 3.85. The molecule has 0 spiro atoms. The molecule has 1 nitrogen and oxygen atoms in total. The molecular weight excluding hydrogens is 581 g/mol. The Labute approximate surface area is 319 Å². The van der Waals surface area contributed by atoms with Crippen LogP contribution in [0.5, 0.6) is 0 Å². The first-order valence-corrected chi connectivity index (χ1v) is 14.4. The molecule has 1 heteroatoms. The van der Waals surface area contributed by atoms with Crippen LogP contribution in [0.2, 0.25) is 0 Å². The maximum absolute atomic E-state index is 9.65. The molecule has 1 aliphatic rings. The molecule has 1 aliphatic carbocycles. The monoisotopic (exact) mass is 640 g/mol. The summed E-state index contributed by atoms with van der Waals surface area (Å²) in [4.78, 5) is 0. The molecule has 48 heavy (non-hydrogen) atoms. The molecule has 0 N–H and O–H groups in total. The number of para-hydroxylation sites is 1. The molecule has 0 amide bonds. The third-order valence-corrected chi connectivity index (χ3v) is 8.42. The highest BCUT2D eigenvalue weighted by Gasteiger charge is 2.35. The van der Waals surface area contributed by atoms with E-state index >= 15 is 0 Å². The van der Waals surface area contributed by atoms with Gasteiger partial charge in [0, 0.05) is 18.9 Å². The smallest absolute Gasteiger partial charge is 0.135 e. The maximum atomic E-state index is 9.65. The van der Waals surface area contributed by atoms with Gasteiger partial charge in [0.1, 0.15) is 11.2 Å². The minimum atomic E-state index is -2.13. The van der Waals surface area contributed by atoms with Gasteiger partial charge in [-0.3, -0.25) is 0 Å². The molecule has 0 aliphatic heterocycles. The highest BCUT2D eigenvalue weighted by Crippen LogP contribution is 2.50. The lowest BCUT2D eigenvalue weighted by atomic mass is 9.81. The number of hydrogen-bond acceptors (Lipinski definition) is 1. The zero-order chi connectivity index (χ0) is 56.2. The molecule has 0 radical (unpaired) electrons. The van der Waals surface area contributed by atoms with Crippen molar-refractivity contribution in [3.8, 4) is 44.5 Å². The summed E-state index contributed by atoms with van der Waals surface area (Å²) in [6.45, 7) is -0.828. The van der Waals surface area contributed by atoms with Crippen LogP contribution in [0.3, 0.4) is 0 Å². The fraction of sp³-hybridized carbons (Fsp3) is 0.0638. The Bertz CT molecular complexity index is 4180. The molecule has 1 heterocycles. The highest BCUT2D eigenvalue weighted by molar-refractivity contribution is 6.22. The second-order valence-electron chi connectivity index (χ2n) is 11.2. The average Bonchev–Trinajstić information content (AvgIpc) is 4.09. The van der Waals surface area contributed by atoms with Crippen molar-refractivity contribution in [2.45, 2.75) is 19.2 Å². The largest absolute Gasteiger partial charge is 0.456 e. The van der Waals surface area contributed by atoms with Gasteiger partial charge >= 0.3 is 0 Å². The predicted octanol–water partition coefficient (Wildman–Crippen LogP) is 13.2. The first kappa shape index (κ1) is 11.4. The normalized spacial score (nSPS) is 23.6. The van der Waals surface area contributed by atoms with E-state index in [2.05, 4.69) is 0 Å². The van der Waals surface area contributed by atoms with Crippen molar-refractivity contribution in [3.63, 3.8) is 0 Å². The fourth-order valence-corrected chi connectivity index (χ4v) is 6.24. The van der Waals surface area contributed by atoms with Gasteiger partial charge in [-0.05, 0) is 101 Å². The number of rotatable bonds is 3. The second kappa shape index (κ2) is 10.0. The molecule has 0 bridgehead atoms. The van der Waals surface area contributed by atoms with Crippen molar-refractivity contribution >= 4 is 43.5 Å². The summed E-state index contributed by atoms with van der Waals surface area (Å²) in [7, 11) is 0. The number of benzene rings is 8. The first-order valence-electron chi connectivity index (χ1n) is 28.6. The topological polar surface area (TPSA) is 13.1 Å². The van der Waals surface area contributed by atoms with E-state index in [4.69, 9.17) is 25.0 Å². The zero-order valence-corrected chi connectivity index (χ0v) is 24.5. The van der Waals surface area contributed by atoms with Gasteiger partial charge in [-0.15, -0.1) is 0 Å². The van der Waals surface area contributed by atoms with Crippen LogP contribution >= 0.6 is 0 Å². The molecular formula is C47H32O. The van der Waals surface area contributed by atoms with Gasteiger partial charge in [0.15, 0.2) is 0 Å². The van der Waals surface area contributed by atoms with Crippen LogP contribution in [0, 0.1) is 0 Å². The summed E-state index contributed by atoms with van der Waals surface area (Å²) >= 11 is 0. The van der Waals surface area contributed by atoms with Gasteiger partial charge in [-0.25, -0.2) is 0 Å². The Kier molecular flexibility index (Phi) is 2.37. The molecule has 1 atom stereocenters. The average molecular weight is 641 g/mol. The lowest BCUT2D eigenvalue weighted by Crippen LogP contribution is -2.14. The number of fused-ring (bicyclic) bond motifs is 8. The van der Waals surface area contributed by atoms with Crippen molar-refractivity contribution in [2.24, 2.45) is 0 Å². The molecule has 226 valence electrons. The minimum Gasteiger partial charge on any atom is -0.456 e. The summed E-state index contributed by atoms with van der Waals surface area (Å²) < 4.78 is 259. The lowest BCUT2D eigenvalue weighted by molar-refractivity contribution is 0.660. The number of furan rings is 1. The molecule has 1 aromatic heterocycles. The summed E-state index contributed by atoms with van der Waals surface area (Å²) in [5, 5.41) is -3.82. The summed E-state index contributed by atoms with van der Waals surface area (Å²) in [5.41, 5.74) is -9.34. The van der Waals surface area contributed by atoms with Crippen LogP contribution in [-0.2, 0) is 5.41 Å². The molecule has 9 aromatic rings. The fourth-order valence-electron chi connectivity index (χ4n) is 6.24. The maximum Gasteiger partial charge on any atom is 0.135 e. The van der Waals surface area contributed by atoms with Crippen LogP contribution in [0.4, 0.5) is 0 Å². The summed E-state index contributed by atoms with van der Waals surface area (Å²) in [5.74, 6) is 0. The summed E-state index contributed by atoms with van der Waals surface area (Å²) in [6.07, 6.45) is 0. The van der Waals surface area contributed by atoms with E-state index < -0.39 is 257 Å². The van der Waals surface area contributed by atoms with Crippen LogP contribution in [-0.4, -0.2) is 0 Å². The van der Waals surface area contributed by atoms with Gasteiger partial charge in [-0.1, -0.05) is 147 Å². The van der Waals surface area contributed by atoms with Gasteiger partial charge in [-0.2, -0.15) is 0 Å². The Morgan fingerprint density at radius 1 is 0.438 bits per heavy atom. The van der Waals surface area contributed by atoms with E-state index in [1.54, 1.807) is 0 Å². The molecule has 1 unspecified atom stereocenters. The van der Waals surface area contributed by atoms with E-state index in [0.29, 0.717) is 0 Å². The van der Waals surface area contributed by atoms with Crippen LogP contribution < -0.4 is 0 Å². The Hall–Kier alpha value is -5.92. The van der Waals surface area contributed by atoms with Gasteiger partial charge in [0.25, 0.3) is 0 Å². The SMILES string of the molecule is [2H]c1c([2H])c([2H])c2c(c1[2H])-c1c([2H])c([2H])c(-c3c([2H])c([2H])c(-c4c5c([2H])c([2H])c([2H])c([2H])c5c(-c5c([2H])c([2H])c6oc7c([2H])c([2H])c([2H])c([2H])c7c6c5[2H])c5c([2H])c([2H])c([2H])c([2H])c45)c([2H])c3[2H])c([2H])c1C2(C)C([2H])[2H]. The van der Waals surface area contributed by atoms with Crippen molar-refractivity contribution in [1.29, 1.82) is 0 Å². The molecule has 0 fully saturated rings. The van der Waals surface area contributed by atoms with Gasteiger partial charge in [0.05, 0.1) is 35.6 Å². The van der Waals surface area contributed by atoms with Gasteiger partial charge < -0.3 is 4.42 Å². The third-order valence-electron chi connectivity index (χ3n) is 8.42. The highest BCUT2D eigenvalue weighted by atomic mass is 16.3. The van der Waals surface area contributed by atoms with E-state index in [1.807, 2.05) is 0 Å². The van der Waals surface area contributed by atoms with Crippen molar-refractivity contribution in [3.05, 3.63) is 168 Å². The van der Waals surface area contributed by atoms with Crippen molar-refractivity contribution in [1.82, 2.24) is 0 Å².